The maximum absolute atomic E-state index is 9.37. The number of hydrogen-bond donors (Lipinski definition) is 1. The fourth-order valence-corrected chi connectivity index (χ4v) is 2.68. The van der Waals surface area contributed by atoms with E-state index in [1.807, 2.05) is 0 Å². The molecule has 1 aliphatic carbocycles. The number of aliphatic hydroxyl groups excluding tert-OH is 1. The molecule has 1 heterocycles. The lowest BCUT2D eigenvalue weighted by Gasteiger charge is -2.24. The maximum atomic E-state index is 9.37. The normalized spacial score (nSPS) is 44.8. The van der Waals surface area contributed by atoms with Crippen molar-refractivity contribution in [1.29, 1.82) is 0 Å². The molecule has 0 aromatic carbocycles. The quantitative estimate of drug-likeness (QED) is 0.681. The molecule has 0 aromatic rings. The molecule has 0 amide bonds. The van der Waals surface area contributed by atoms with Gasteiger partial charge >= 0.3 is 0 Å². The molecule has 2 aliphatic rings. The molecule has 1 saturated carbocycles. The van der Waals surface area contributed by atoms with Gasteiger partial charge in [-0.05, 0) is 24.7 Å². The zero-order valence-electron chi connectivity index (χ0n) is 7.97. The third kappa shape index (κ3) is 0.944. The van der Waals surface area contributed by atoms with Gasteiger partial charge in [-0.1, -0.05) is 13.8 Å². The van der Waals surface area contributed by atoms with Gasteiger partial charge in [0.15, 0.2) is 0 Å². The van der Waals surface area contributed by atoms with E-state index in [2.05, 4.69) is 13.8 Å². The Morgan fingerprint density at radius 2 is 2.17 bits per heavy atom. The van der Waals surface area contributed by atoms with Gasteiger partial charge in [0.05, 0.1) is 12.7 Å². The molecule has 1 aliphatic heterocycles. The summed E-state index contributed by atoms with van der Waals surface area (Å²) in [6.45, 7) is 5.64. The number of aliphatic hydroxyl groups is 1. The second-order valence-corrected chi connectivity index (χ2v) is 4.88. The number of rotatable bonds is 2. The van der Waals surface area contributed by atoms with Crippen LogP contribution >= 0.6 is 0 Å². The summed E-state index contributed by atoms with van der Waals surface area (Å²) in [5, 5.41) is 9.37. The minimum Gasteiger partial charge on any atom is -0.396 e. The Bertz CT molecular complexity index is 182. The van der Waals surface area contributed by atoms with E-state index in [4.69, 9.17) is 4.74 Å². The van der Waals surface area contributed by atoms with Gasteiger partial charge in [0.1, 0.15) is 0 Å². The smallest absolute Gasteiger partial charge is 0.0659 e. The van der Waals surface area contributed by atoms with Crippen LogP contribution in [0.25, 0.3) is 0 Å². The summed E-state index contributed by atoms with van der Waals surface area (Å²) in [5.41, 5.74) is 0.403. The van der Waals surface area contributed by atoms with Crippen LogP contribution in [0.4, 0.5) is 0 Å². The van der Waals surface area contributed by atoms with Crippen molar-refractivity contribution in [2.75, 3.05) is 13.2 Å². The molecule has 2 heteroatoms. The first-order chi connectivity index (χ1) is 5.62. The summed E-state index contributed by atoms with van der Waals surface area (Å²) in [5.74, 6) is 0. The molecule has 1 saturated heterocycles. The number of hydrogen-bond acceptors (Lipinski definition) is 2. The topological polar surface area (TPSA) is 29.5 Å². The molecule has 12 heavy (non-hydrogen) atoms. The van der Waals surface area contributed by atoms with Crippen LogP contribution in [0.1, 0.15) is 33.1 Å². The Morgan fingerprint density at radius 3 is 2.50 bits per heavy atom. The molecule has 0 spiro atoms. The average molecular weight is 170 g/mol. The molecule has 70 valence electrons. The first kappa shape index (κ1) is 8.52. The molecule has 1 N–H and O–H groups in total. The van der Waals surface area contributed by atoms with Crippen LogP contribution < -0.4 is 0 Å². The van der Waals surface area contributed by atoms with Gasteiger partial charge in [0.2, 0.25) is 0 Å². The van der Waals surface area contributed by atoms with Crippen LogP contribution in [0, 0.1) is 10.8 Å². The van der Waals surface area contributed by atoms with Crippen LogP contribution in [0.3, 0.4) is 0 Å². The fourth-order valence-electron chi connectivity index (χ4n) is 2.68. The highest BCUT2D eigenvalue weighted by molar-refractivity contribution is 5.13. The summed E-state index contributed by atoms with van der Waals surface area (Å²) < 4.78 is 5.65. The van der Waals surface area contributed by atoms with E-state index < -0.39 is 0 Å². The molecule has 2 nitrogen and oxygen atoms in total. The van der Waals surface area contributed by atoms with Crippen molar-refractivity contribution >= 4 is 0 Å². The standard InChI is InChI=1S/C10H18O2/c1-9(2)6-10(9,7-11)8-4-3-5-12-8/h8,11H,3-7H2,1-2H3. The van der Waals surface area contributed by atoms with Crippen molar-refractivity contribution in [3.8, 4) is 0 Å². The molecule has 2 atom stereocenters. The van der Waals surface area contributed by atoms with Crippen molar-refractivity contribution in [2.45, 2.75) is 39.2 Å². The highest BCUT2D eigenvalue weighted by atomic mass is 16.5. The van der Waals surface area contributed by atoms with Gasteiger partial charge in [0, 0.05) is 12.0 Å². The largest absolute Gasteiger partial charge is 0.396 e. The van der Waals surface area contributed by atoms with Crippen molar-refractivity contribution in [1.82, 2.24) is 0 Å². The van der Waals surface area contributed by atoms with Crippen molar-refractivity contribution in [3.05, 3.63) is 0 Å². The molecule has 0 aromatic heterocycles. The zero-order chi connectivity index (χ0) is 8.82. The van der Waals surface area contributed by atoms with E-state index in [1.165, 1.54) is 6.42 Å². The van der Waals surface area contributed by atoms with Crippen LogP contribution in [-0.4, -0.2) is 24.4 Å². The minimum atomic E-state index is 0.101. The van der Waals surface area contributed by atoms with Gasteiger partial charge in [-0.25, -0.2) is 0 Å². The average Bonchev–Trinajstić information content (AvgIpc) is 2.52. The first-order valence-corrected chi connectivity index (χ1v) is 4.85. The summed E-state index contributed by atoms with van der Waals surface area (Å²) in [7, 11) is 0. The third-order valence-electron chi connectivity index (χ3n) is 3.81. The molecule has 2 rings (SSSR count). The Labute approximate surface area is 73.9 Å². The van der Waals surface area contributed by atoms with Crippen molar-refractivity contribution < 1.29 is 9.84 Å². The molecular formula is C10H18O2. The predicted octanol–water partition coefficient (Wildman–Crippen LogP) is 1.57. The van der Waals surface area contributed by atoms with Gasteiger partial charge in [-0.3, -0.25) is 0 Å². The van der Waals surface area contributed by atoms with Crippen LogP contribution in [0.5, 0.6) is 0 Å². The highest BCUT2D eigenvalue weighted by Crippen LogP contribution is 2.66. The van der Waals surface area contributed by atoms with Gasteiger partial charge < -0.3 is 9.84 Å². The van der Waals surface area contributed by atoms with Gasteiger partial charge in [0.25, 0.3) is 0 Å². The van der Waals surface area contributed by atoms with E-state index in [0.29, 0.717) is 18.1 Å². The highest BCUT2D eigenvalue weighted by Gasteiger charge is 2.65. The summed E-state index contributed by atoms with van der Waals surface area (Å²) in [6, 6.07) is 0. The second-order valence-electron chi connectivity index (χ2n) is 4.88. The number of ether oxygens (including phenoxy) is 1. The third-order valence-corrected chi connectivity index (χ3v) is 3.81. The fraction of sp³-hybridized carbons (Fsp3) is 1.00. The Balaban J connectivity index is 2.09. The van der Waals surface area contributed by atoms with E-state index in [0.717, 1.165) is 19.4 Å². The van der Waals surface area contributed by atoms with Crippen LogP contribution in [-0.2, 0) is 4.74 Å². The summed E-state index contributed by atoms with van der Waals surface area (Å²) in [6.07, 6.45) is 3.77. The minimum absolute atomic E-state index is 0.101. The molecule has 2 fully saturated rings. The zero-order valence-corrected chi connectivity index (χ0v) is 7.97. The van der Waals surface area contributed by atoms with Crippen LogP contribution in [0.15, 0.2) is 0 Å². The lowest BCUT2D eigenvalue weighted by Crippen LogP contribution is -2.29. The second kappa shape index (κ2) is 2.46. The summed E-state index contributed by atoms with van der Waals surface area (Å²) >= 11 is 0. The molecule has 0 bridgehead atoms. The SMILES string of the molecule is CC1(C)CC1(CO)C1CCCO1. The van der Waals surface area contributed by atoms with Gasteiger partial charge in [-0.15, -0.1) is 0 Å². The Morgan fingerprint density at radius 1 is 1.50 bits per heavy atom. The molecule has 0 radical (unpaired) electrons. The van der Waals surface area contributed by atoms with Crippen molar-refractivity contribution in [2.24, 2.45) is 10.8 Å². The Kier molecular flexibility index (Phi) is 1.74. The van der Waals surface area contributed by atoms with Crippen molar-refractivity contribution in [3.63, 3.8) is 0 Å². The van der Waals surface area contributed by atoms with Crippen LogP contribution in [0.2, 0.25) is 0 Å². The van der Waals surface area contributed by atoms with Gasteiger partial charge in [-0.2, -0.15) is 0 Å². The Hall–Kier alpha value is -0.0800. The molecule has 2 unspecified atom stereocenters. The van der Waals surface area contributed by atoms with E-state index in [1.54, 1.807) is 0 Å². The van der Waals surface area contributed by atoms with E-state index in [-0.39, 0.29) is 5.41 Å². The predicted molar refractivity (Wildman–Crippen MR) is 46.9 cm³/mol. The lowest BCUT2D eigenvalue weighted by molar-refractivity contribution is 0.00527. The van der Waals surface area contributed by atoms with E-state index >= 15 is 0 Å². The molecular weight excluding hydrogens is 152 g/mol. The monoisotopic (exact) mass is 170 g/mol. The summed E-state index contributed by atoms with van der Waals surface area (Å²) in [4.78, 5) is 0. The maximum Gasteiger partial charge on any atom is 0.0659 e. The first-order valence-electron chi connectivity index (χ1n) is 4.85. The lowest BCUT2D eigenvalue weighted by atomic mass is 9.89. The van der Waals surface area contributed by atoms with E-state index in [9.17, 15) is 5.11 Å².